The van der Waals surface area contributed by atoms with Gasteiger partial charge in [0.25, 0.3) is 0 Å². The summed E-state index contributed by atoms with van der Waals surface area (Å²) in [7, 11) is 0. The summed E-state index contributed by atoms with van der Waals surface area (Å²) in [6.45, 7) is 4.27. The van der Waals surface area contributed by atoms with Crippen molar-refractivity contribution in [3.63, 3.8) is 0 Å². The highest BCUT2D eigenvalue weighted by Crippen LogP contribution is 2.39. The number of halogens is 1. The van der Waals surface area contributed by atoms with Gasteiger partial charge in [-0.05, 0) is 37.5 Å². The molecule has 2 aromatic rings. The summed E-state index contributed by atoms with van der Waals surface area (Å²) < 4.78 is 24.4. The average molecular weight is 317 g/mol. The Morgan fingerprint density at radius 2 is 2.04 bits per heavy atom. The van der Waals surface area contributed by atoms with E-state index in [0.29, 0.717) is 18.4 Å². The normalized spacial score (nSPS) is 23.8. The van der Waals surface area contributed by atoms with E-state index in [9.17, 15) is 4.39 Å². The number of hydrogen-bond acceptors (Lipinski definition) is 5. The second-order valence-corrected chi connectivity index (χ2v) is 6.35. The predicted octanol–water partition coefficient (Wildman–Crippen LogP) is 3.22. The van der Waals surface area contributed by atoms with Gasteiger partial charge in [0, 0.05) is 19.0 Å². The summed E-state index contributed by atoms with van der Waals surface area (Å²) in [6.07, 6.45) is 2.27. The number of hydrogen-bond donors (Lipinski definition) is 0. The Labute approximate surface area is 134 Å². The highest BCUT2D eigenvalue weighted by molar-refractivity contribution is 5.19. The lowest BCUT2D eigenvalue weighted by molar-refractivity contribution is -0.0469. The average Bonchev–Trinajstić information content (AvgIpc) is 3.32. The molecule has 0 bridgehead atoms. The summed E-state index contributed by atoms with van der Waals surface area (Å²) >= 11 is 0. The molecule has 2 fully saturated rings. The van der Waals surface area contributed by atoms with Gasteiger partial charge in [0.15, 0.2) is 5.82 Å². The lowest BCUT2D eigenvalue weighted by Gasteiger charge is -2.35. The van der Waals surface area contributed by atoms with Crippen molar-refractivity contribution in [2.45, 2.75) is 37.8 Å². The standard InChI is InChI=1S/C17H20FN3O2/c1-11(17-19-16(20-23-17)13-2-3-13)21-8-9-22-15(10-21)12-4-6-14(18)7-5-12/h4-7,11,13,15H,2-3,8-10H2,1H3/t11-,15-/m1/s1. The molecule has 122 valence electrons. The smallest absolute Gasteiger partial charge is 0.243 e. The number of nitrogens with zero attached hydrogens (tertiary/aromatic N) is 3. The number of aromatic nitrogens is 2. The molecule has 4 rings (SSSR count). The Balaban J connectivity index is 1.46. The molecular weight excluding hydrogens is 297 g/mol. The van der Waals surface area contributed by atoms with E-state index < -0.39 is 0 Å². The van der Waals surface area contributed by atoms with Crippen LogP contribution < -0.4 is 0 Å². The van der Waals surface area contributed by atoms with Gasteiger partial charge in [-0.1, -0.05) is 17.3 Å². The van der Waals surface area contributed by atoms with Crippen LogP contribution in [-0.4, -0.2) is 34.7 Å². The van der Waals surface area contributed by atoms with Gasteiger partial charge in [-0.2, -0.15) is 4.98 Å². The fraction of sp³-hybridized carbons (Fsp3) is 0.529. The zero-order valence-electron chi connectivity index (χ0n) is 13.1. The van der Waals surface area contributed by atoms with Crippen LogP contribution in [0, 0.1) is 5.82 Å². The number of benzene rings is 1. The molecule has 2 heterocycles. The van der Waals surface area contributed by atoms with Crippen LogP contribution in [0.25, 0.3) is 0 Å². The molecule has 0 amide bonds. The lowest BCUT2D eigenvalue weighted by Crippen LogP contribution is -2.40. The minimum absolute atomic E-state index is 0.0573. The predicted molar refractivity (Wildman–Crippen MR) is 81.4 cm³/mol. The zero-order valence-corrected chi connectivity index (χ0v) is 13.1. The van der Waals surface area contributed by atoms with Crippen molar-refractivity contribution in [3.8, 4) is 0 Å². The summed E-state index contributed by atoms with van der Waals surface area (Å²) in [5, 5.41) is 4.10. The molecule has 1 aromatic heterocycles. The Morgan fingerprint density at radius 3 is 2.78 bits per heavy atom. The largest absolute Gasteiger partial charge is 0.371 e. The van der Waals surface area contributed by atoms with Crippen molar-refractivity contribution in [2.24, 2.45) is 0 Å². The van der Waals surface area contributed by atoms with E-state index in [2.05, 4.69) is 22.0 Å². The van der Waals surface area contributed by atoms with E-state index in [1.165, 1.54) is 12.1 Å². The van der Waals surface area contributed by atoms with Crippen LogP contribution >= 0.6 is 0 Å². The molecule has 2 atom stereocenters. The monoisotopic (exact) mass is 317 g/mol. The van der Waals surface area contributed by atoms with Crippen molar-refractivity contribution < 1.29 is 13.7 Å². The quantitative estimate of drug-likeness (QED) is 0.866. The van der Waals surface area contributed by atoms with Crippen molar-refractivity contribution in [2.75, 3.05) is 19.7 Å². The molecule has 1 aliphatic heterocycles. The summed E-state index contributed by atoms with van der Waals surface area (Å²) in [4.78, 5) is 6.83. The van der Waals surface area contributed by atoms with Gasteiger partial charge in [0.2, 0.25) is 5.89 Å². The fourth-order valence-electron chi connectivity index (χ4n) is 2.98. The first-order valence-electron chi connectivity index (χ1n) is 8.15. The molecule has 0 spiro atoms. The molecular formula is C17H20FN3O2. The lowest BCUT2D eigenvalue weighted by atomic mass is 10.1. The maximum Gasteiger partial charge on any atom is 0.243 e. The van der Waals surface area contributed by atoms with Gasteiger partial charge >= 0.3 is 0 Å². The SMILES string of the molecule is C[C@H](c1nc(C2CC2)no1)N1CCO[C@@H](c2ccc(F)cc2)C1. The highest BCUT2D eigenvalue weighted by Gasteiger charge is 2.32. The van der Waals surface area contributed by atoms with Crippen LogP contribution in [0.5, 0.6) is 0 Å². The zero-order chi connectivity index (χ0) is 15.8. The first kappa shape index (κ1) is 14.8. The van der Waals surface area contributed by atoms with Crippen molar-refractivity contribution >= 4 is 0 Å². The van der Waals surface area contributed by atoms with E-state index in [4.69, 9.17) is 9.26 Å². The van der Waals surface area contributed by atoms with Crippen LogP contribution in [0.3, 0.4) is 0 Å². The Morgan fingerprint density at radius 1 is 1.26 bits per heavy atom. The summed E-state index contributed by atoms with van der Waals surface area (Å²) in [6, 6.07) is 6.57. The van der Waals surface area contributed by atoms with Gasteiger partial charge in [-0.15, -0.1) is 0 Å². The fourth-order valence-corrected chi connectivity index (χ4v) is 2.98. The van der Waals surface area contributed by atoms with E-state index in [-0.39, 0.29) is 18.0 Å². The van der Waals surface area contributed by atoms with Crippen molar-refractivity contribution in [1.82, 2.24) is 15.0 Å². The first-order valence-corrected chi connectivity index (χ1v) is 8.15. The van der Waals surface area contributed by atoms with Crippen LogP contribution in [0.15, 0.2) is 28.8 Å². The van der Waals surface area contributed by atoms with E-state index >= 15 is 0 Å². The van der Waals surface area contributed by atoms with Gasteiger partial charge < -0.3 is 9.26 Å². The molecule has 0 unspecified atom stereocenters. The Kier molecular flexibility index (Phi) is 3.87. The highest BCUT2D eigenvalue weighted by atomic mass is 19.1. The maximum atomic E-state index is 13.1. The third kappa shape index (κ3) is 3.14. The molecule has 1 saturated heterocycles. The molecule has 2 aliphatic rings. The number of rotatable bonds is 4. The van der Waals surface area contributed by atoms with Crippen molar-refractivity contribution in [3.05, 3.63) is 47.4 Å². The third-order valence-corrected chi connectivity index (χ3v) is 4.64. The van der Waals surface area contributed by atoms with E-state index in [1.807, 2.05) is 0 Å². The Hall–Kier alpha value is -1.79. The number of ether oxygens (including phenoxy) is 1. The van der Waals surface area contributed by atoms with Crippen LogP contribution in [0.4, 0.5) is 4.39 Å². The minimum atomic E-state index is -0.228. The van der Waals surface area contributed by atoms with Gasteiger partial charge in [-0.3, -0.25) is 4.90 Å². The molecule has 1 saturated carbocycles. The van der Waals surface area contributed by atoms with E-state index in [1.54, 1.807) is 12.1 Å². The topological polar surface area (TPSA) is 51.4 Å². The first-order chi connectivity index (χ1) is 11.2. The van der Waals surface area contributed by atoms with Gasteiger partial charge in [0.1, 0.15) is 5.82 Å². The molecule has 6 heteroatoms. The Bertz CT molecular complexity index is 669. The minimum Gasteiger partial charge on any atom is -0.371 e. The summed E-state index contributed by atoms with van der Waals surface area (Å²) in [5.74, 6) is 1.78. The second-order valence-electron chi connectivity index (χ2n) is 6.35. The van der Waals surface area contributed by atoms with Gasteiger partial charge in [0.05, 0.1) is 18.8 Å². The summed E-state index contributed by atoms with van der Waals surface area (Å²) in [5.41, 5.74) is 0.993. The second kappa shape index (κ2) is 6.02. The molecule has 1 aliphatic carbocycles. The molecule has 0 radical (unpaired) electrons. The van der Waals surface area contributed by atoms with Crippen LogP contribution in [0.2, 0.25) is 0 Å². The number of morpholine rings is 1. The van der Waals surface area contributed by atoms with E-state index in [0.717, 1.165) is 37.3 Å². The molecule has 5 nitrogen and oxygen atoms in total. The van der Waals surface area contributed by atoms with Crippen LogP contribution in [0.1, 0.15) is 55.1 Å². The maximum absolute atomic E-state index is 13.1. The van der Waals surface area contributed by atoms with Crippen molar-refractivity contribution in [1.29, 1.82) is 0 Å². The van der Waals surface area contributed by atoms with Gasteiger partial charge in [-0.25, -0.2) is 4.39 Å². The molecule has 23 heavy (non-hydrogen) atoms. The third-order valence-electron chi connectivity index (χ3n) is 4.64. The van der Waals surface area contributed by atoms with Crippen LogP contribution in [-0.2, 0) is 4.74 Å². The molecule has 1 aromatic carbocycles. The molecule has 0 N–H and O–H groups in total.